The van der Waals surface area contributed by atoms with Crippen molar-refractivity contribution in [2.75, 3.05) is 21.0 Å². The van der Waals surface area contributed by atoms with Gasteiger partial charge in [-0.2, -0.15) is 0 Å². The summed E-state index contributed by atoms with van der Waals surface area (Å²) in [6.07, 6.45) is 0. The van der Waals surface area contributed by atoms with E-state index in [1.807, 2.05) is 56.4 Å². The Labute approximate surface area is 153 Å². The van der Waals surface area contributed by atoms with Crippen molar-refractivity contribution in [3.63, 3.8) is 0 Å². The molecule has 0 aliphatic carbocycles. The van der Waals surface area contributed by atoms with Crippen molar-refractivity contribution < 1.29 is 23.9 Å². The lowest BCUT2D eigenvalue weighted by Gasteiger charge is -2.21. The van der Waals surface area contributed by atoms with E-state index in [1.165, 1.54) is 5.56 Å². The molecule has 6 heteroatoms. The van der Waals surface area contributed by atoms with Gasteiger partial charge in [0.05, 0.1) is 14.2 Å². The molecule has 1 unspecified atom stereocenters. The molecule has 0 fully saturated rings. The van der Waals surface area contributed by atoms with E-state index in [1.54, 1.807) is 7.11 Å². The van der Waals surface area contributed by atoms with Crippen LogP contribution in [0.15, 0.2) is 42.5 Å². The molecule has 2 atom stereocenters. The van der Waals surface area contributed by atoms with Crippen LogP contribution in [0.4, 0.5) is 0 Å². The summed E-state index contributed by atoms with van der Waals surface area (Å²) in [4.78, 5) is 13.6. The zero-order valence-corrected chi connectivity index (χ0v) is 15.4. The Kier molecular flexibility index (Phi) is 5.63. The van der Waals surface area contributed by atoms with Crippen LogP contribution in [0.25, 0.3) is 0 Å². The van der Waals surface area contributed by atoms with E-state index in [0.717, 1.165) is 34.3 Å². The van der Waals surface area contributed by atoms with Crippen LogP contribution >= 0.6 is 0 Å². The molecule has 2 aromatic carbocycles. The first-order valence-electron chi connectivity index (χ1n) is 8.68. The summed E-state index contributed by atoms with van der Waals surface area (Å²) < 4.78 is 15.8. The largest absolute Gasteiger partial charge is 0.497 e. The van der Waals surface area contributed by atoms with Crippen molar-refractivity contribution in [1.82, 2.24) is 5.32 Å². The van der Waals surface area contributed by atoms with E-state index in [0.29, 0.717) is 6.54 Å². The maximum Gasteiger partial charge on any atom is 0.278 e. The smallest absolute Gasteiger partial charge is 0.278 e. The highest BCUT2D eigenvalue weighted by Gasteiger charge is 2.22. The fraction of sp³-hybridized carbons (Fsp3) is 0.350. The molecule has 2 aromatic rings. The van der Waals surface area contributed by atoms with Gasteiger partial charge in [-0.1, -0.05) is 6.07 Å². The number of fused-ring (bicyclic) bond motifs is 1. The third-order valence-corrected chi connectivity index (χ3v) is 4.68. The molecule has 1 amide bonds. The van der Waals surface area contributed by atoms with Crippen LogP contribution in [0.2, 0.25) is 0 Å². The van der Waals surface area contributed by atoms with Crippen LogP contribution in [0.1, 0.15) is 18.1 Å². The summed E-state index contributed by atoms with van der Waals surface area (Å²) >= 11 is 0. The molecule has 6 nitrogen and oxygen atoms in total. The molecule has 26 heavy (non-hydrogen) atoms. The number of ether oxygens (including phenoxy) is 3. The fourth-order valence-electron chi connectivity index (χ4n) is 2.84. The Balaban J connectivity index is 1.51. The van der Waals surface area contributed by atoms with E-state index in [9.17, 15) is 4.79 Å². The molecule has 0 spiro atoms. The molecule has 0 aromatic heterocycles. The summed E-state index contributed by atoms with van der Waals surface area (Å²) in [6.45, 7) is 3.42. The summed E-state index contributed by atoms with van der Waals surface area (Å²) in [7, 11) is 3.67. The van der Waals surface area contributed by atoms with Crippen molar-refractivity contribution in [3.8, 4) is 17.2 Å². The van der Waals surface area contributed by atoms with Crippen LogP contribution in [0, 0.1) is 0 Å². The highest BCUT2D eigenvalue weighted by molar-refractivity contribution is 5.79. The second kappa shape index (κ2) is 8.10. The number of benzene rings is 2. The fourth-order valence-corrected chi connectivity index (χ4v) is 2.84. The van der Waals surface area contributed by atoms with Crippen molar-refractivity contribution in [3.05, 3.63) is 53.6 Å². The molecule has 2 N–H and O–H groups in total. The van der Waals surface area contributed by atoms with E-state index >= 15 is 0 Å². The standard InChI is InChI=1S/C20H24N2O4/c1-14(22(2)12-15-4-7-17(24-3)8-5-15)20(23)21-11-16-6-9-18-19(10-16)26-13-25-18/h4-10,14H,11-13H2,1-3H3,(H,21,23)/p+1/t14-/m1/s1. The Morgan fingerprint density at radius 2 is 1.85 bits per heavy atom. The van der Waals surface area contributed by atoms with Gasteiger partial charge < -0.3 is 24.4 Å². The van der Waals surface area contributed by atoms with Crippen molar-refractivity contribution in [2.24, 2.45) is 0 Å². The van der Waals surface area contributed by atoms with Gasteiger partial charge >= 0.3 is 0 Å². The third-order valence-electron chi connectivity index (χ3n) is 4.68. The predicted octanol–water partition coefficient (Wildman–Crippen LogP) is 1.14. The predicted molar refractivity (Wildman–Crippen MR) is 97.5 cm³/mol. The number of carbonyl (C=O) groups excluding carboxylic acids is 1. The first-order chi connectivity index (χ1) is 12.6. The minimum atomic E-state index is -0.161. The molecule has 1 heterocycles. The summed E-state index contributed by atoms with van der Waals surface area (Å²) in [6, 6.07) is 13.5. The van der Waals surface area contributed by atoms with Crippen LogP contribution in [0.5, 0.6) is 17.2 Å². The van der Waals surface area contributed by atoms with E-state index in [-0.39, 0.29) is 18.7 Å². The van der Waals surface area contributed by atoms with Gasteiger partial charge in [0.2, 0.25) is 6.79 Å². The van der Waals surface area contributed by atoms with Crippen LogP contribution in [-0.2, 0) is 17.9 Å². The Hall–Kier alpha value is -2.73. The van der Waals surface area contributed by atoms with Crippen LogP contribution < -0.4 is 24.4 Å². The van der Waals surface area contributed by atoms with Crippen LogP contribution in [0.3, 0.4) is 0 Å². The van der Waals surface area contributed by atoms with Crippen LogP contribution in [-0.4, -0.2) is 32.9 Å². The zero-order valence-electron chi connectivity index (χ0n) is 15.4. The van der Waals surface area contributed by atoms with Crippen molar-refractivity contribution >= 4 is 5.91 Å². The quantitative estimate of drug-likeness (QED) is 0.780. The lowest BCUT2D eigenvalue weighted by Crippen LogP contribution is -3.12. The average molecular weight is 357 g/mol. The Bertz CT molecular complexity index is 761. The number of nitrogens with one attached hydrogen (secondary N) is 2. The molecule has 0 saturated heterocycles. The molecule has 138 valence electrons. The number of amides is 1. The number of likely N-dealkylation sites (N-methyl/N-ethyl adjacent to an activating group) is 1. The molecule has 1 aliphatic rings. The SMILES string of the molecule is COc1ccc(C[NH+](C)[C@H](C)C(=O)NCc2ccc3c(c2)OCO3)cc1. The maximum absolute atomic E-state index is 12.5. The first kappa shape index (κ1) is 18.1. The molecule has 1 aliphatic heterocycles. The van der Waals surface area contributed by atoms with Crippen molar-refractivity contribution in [1.29, 1.82) is 0 Å². The van der Waals surface area contributed by atoms with Crippen molar-refractivity contribution in [2.45, 2.75) is 26.1 Å². The van der Waals surface area contributed by atoms with Gasteiger partial charge in [-0.3, -0.25) is 4.79 Å². The second-order valence-corrected chi connectivity index (χ2v) is 6.50. The summed E-state index contributed by atoms with van der Waals surface area (Å²) in [5, 5.41) is 3.00. The van der Waals surface area contributed by atoms with Gasteiger partial charge in [-0.15, -0.1) is 0 Å². The van der Waals surface area contributed by atoms with Gasteiger partial charge in [-0.05, 0) is 48.9 Å². The third kappa shape index (κ3) is 4.26. The number of carbonyl (C=O) groups is 1. The zero-order chi connectivity index (χ0) is 18.5. The number of hydrogen-bond acceptors (Lipinski definition) is 4. The molecule has 3 rings (SSSR count). The Morgan fingerprint density at radius 3 is 2.58 bits per heavy atom. The van der Waals surface area contributed by atoms with Gasteiger partial charge in [0.15, 0.2) is 17.5 Å². The topological polar surface area (TPSA) is 61.2 Å². The van der Waals surface area contributed by atoms with E-state index in [2.05, 4.69) is 5.32 Å². The van der Waals surface area contributed by atoms with Gasteiger partial charge in [0.25, 0.3) is 5.91 Å². The lowest BCUT2D eigenvalue weighted by molar-refractivity contribution is -0.908. The average Bonchev–Trinajstić information content (AvgIpc) is 3.13. The lowest BCUT2D eigenvalue weighted by atomic mass is 10.1. The minimum Gasteiger partial charge on any atom is -0.497 e. The number of methoxy groups -OCH3 is 1. The van der Waals surface area contributed by atoms with Gasteiger partial charge in [0.1, 0.15) is 12.3 Å². The number of rotatable bonds is 7. The first-order valence-corrected chi connectivity index (χ1v) is 8.68. The molecule has 0 saturated carbocycles. The second-order valence-electron chi connectivity index (χ2n) is 6.50. The highest BCUT2D eigenvalue weighted by atomic mass is 16.7. The summed E-state index contributed by atoms with van der Waals surface area (Å²) in [5.41, 5.74) is 2.15. The highest BCUT2D eigenvalue weighted by Crippen LogP contribution is 2.32. The maximum atomic E-state index is 12.5. The van der Waals surface area contributed by atoms with E-state index < -0.39 is 0 Å². The molecular weight excluding hydrogens is 332 g/mol. The molecule has 0 radical (unpaired) electrons. The van der Waals surface area contributed by atoms with Gasteiger partial charge in [-0.25, -0.2) is 0 Å². The van der Waals surface area contributed by atoms with E-state index in [4.69, 9.17) is 14.2 Å². The molecule has 0 bridgehead atoms. The summed E-state index contributed by atoms with van der Waals surface area (Å²) in [5.74, 6) is 2.33. The van der Waals surface area contributed by atoms with Gasteiger partial charge in [0, 0.05) is 12.1 Å². The minimum absolute atomic E-state index is 0.0219. The number of hydrogen-bond donors (Lipinski definition) is 2. The number of quaternary nitrogens is 1. The molecular formula is C20H25N2O4+. The Morgan fingerprint density at radius 1 is 1.15 bits per heavy atom. The monoisotopic (exact) mass is 357 g/mol. The normalized spacial score (nSPS) is 14.6.